The van der Waals surface area contributed by atoms with E-state index in [2.05, 4.69) is 4.98 Å². The zero-order valence-corrected chi connectivity index (χ0v) is 14.9. The zero-order valence-electron chi connectivity index (χ0n) is 14.9. The molecule has 0 saturated carbocycles. The molecular weight excluding hydrogens is 362 g/mol. The van der Waals surface area contributed by atoms with Gasteiger partial charge in [0.1, 0.15) is 6.61 Å². The summed E-state index contributed by atoms with van der Waals surface area (Å²) < 4.78 is 10.3. The summed E-state index contributed by atoms with van der Waals surface area (Å²) >= 11 is 0. The van der Waals surface area contributed by atoms with E-state index in [1.165, 1.54) is 13.2 Å². The van der Waals surface area contributed by atoms with Crippen LogP contribution in [0.1, 0.15) is 21.6 Å². The Labute approximate surface area is 160 Å². The largest absolute Gasteiger partial charge is 0.546 e. The summed E-state index contributed by atoms with van der Waals surface area (Å²) in [5, 5.41) is 22.5. The highest BCUT2D eigenvalue weighted by Crippen LogP contribution is 2.29. The number of methoxy groups -OCH3 is 1. The van der Waals surface area contributed by atoms with E-state index >= 15 is 0 Å². The number of pyridine rings is 1. The fourth-order valence-corrected chi connectivity index (χ4v) is 2.68. The van der Waals surface area contributed by atoms with Crippen molar-refractivity contribution in [1.82, 2.24) is 4.98 Å². The van der Waals surface area contributed by atoms with Crippen molar-refractivity contribution in [2.45, 2.75) is 0 Å². The van der Waals surface area contributed by atoms with Crippen LogP contribution in [0, 0.1) is 0 Å². The van der Waals surface area contributed by atoms with E-state index in [4.69, 9.17) is 9.47 Å². The minimum Gasteiger partial charge on any atom is -0.546 e. The van der Waals surface area contributed by atoms with Gasteiger partial charge < -0.3 is 29.3 Å². The molecule has 3 aromatic rings. The first kappa shape index (κ1) is 18.9. The zero-order chi connectivity index (χ0) is 20.1. The van der Waals surface area contributed by atoms with E-state index in [-0.39, 0.29) is 11.3 Å². The second-order valence-corrected chi connectivity index (χ2v) is 5.80. The molecule has 0 aliphatic heterocycles. The van der Waals surface area contributed by atoms with Gasteiger partial charge in [0.05, 0.1) is 30.3 Å². The second kappa shape index (κ2) is 8.22. The molecule has 7 heteroatoms. The van der Waals surface area contributed by atoms with E-state index in [1.54, 1.807) is 54.6 Å². The number of carbonyl (C=O) groups excluding carboxylic acids is 2. The number of hydrogen-bond acceptors (Lipinski definition) is 7. The predicted molar refractivity (Wildman–Crippen MR) is 98.5 cm³/mol. The van der Waals surface area contributed by atoms with Crippen LogP contribution in [0.5, 0.6) is 11.5 Å². The predicted octanol–water partition coefficient (Wildman–Crippen LogP) is 0.906. The number of para-hydroxylation sites is 1. The number of carboxylic acid groups (broad SMARTS) is 2. The summed E-state index contributed by atoms with van der Waals surface area (Å²) in [5.74, 6) is -1.99. The minimum absolute atomic E-state index is 0.0638. The SMILES string of the molecule is COc1cc(/C=C/c2cc(C(=O)[O-])c3ccccc3n2)ccc1OCC(=O)[O-]. The molecule has 0 saturated heterocycles. The molecule has 2 aromatic carbocycles. The molecule has 0 N–H and O–H groups in total. The summed E-state index contributed by atoms with van der Waals surface area (Å²) in [6.45, 7) is -0.585. The number of aromatic nitrogens is 1. The monoisotopic (exact) mass is 377 g/mol. The lowest BCUT2D eigenvalue weighted by Gasteiger charge is -2.11. The average Bonchev–Trinajstić information content (AvgIpc) is 2.70. The van der Waals surface area contributed by atoms with Gasteiger partial charge >= 0.3 is 0 Å². The number of aromatic carboxylic acids is 1. The molecule has 0 aliphatic carbocycles. The van der Waals surface area contributed by atoms with Crippen molar-refractivity contribution >= 4 is 35.0 Å². The van der Waals surface area contributed by atoms with Gasteiger partial charge in [0.15, 0.2) is 11.5 Å². The highest BCUT2D eigenvalue weighted by molar-refractivity contribution is 6.02. The number of carboxylic acids is 2. The van der Waals surface area contributed by atoms with E-state index < -0.39 is 18.5 Å². The van der Waals surface area contributed by atoms with Gasteiger partial charge in [0.25, 0.3) is 0 Å². The van der Waals surface area contributed by atoms with Crippen molar-refractivity contribution in [3.05, 3.63) is 65.4 Å². The Hall–Kier alpha value is -3.87. The van der Waals surface area contributed by atoms with Gasteiger partial charge in [-0.3, -0.25) is 0 Å². The summed E-state index contributed by atoms with van der Waals surface area (Å²) in [6.07, 6.45) is 3.39. The van der Waals surface area contributed by atoms with Crippen LogP contribution in [-0.4, -0.2) is 30.6 Å². The van der Waals surface area contributed by atoms with Crippen LogP contribution in [0.2, 0.25) is 0 Å². The van der Waals surface area contributed by atoms with Crippen LogP contribution in [-0.2, 0) is 4.79 Å². The lowest BCUT2D eigenvalue weighted by molar-refractivity contribution is -0.307. The number of carbonyl (C=O) groups is 2. The number of fused-ring (bicyclic) bond motifs is 1. The number of benzene rings is 2. The Balaban J connectivity index is 1.91. The van der Waals surface area contributed by atoms with Crippen LogP contribution in [0.25, 0.3) is 23.1 Å². The van der Waals surface area contributed by atoms with Gasteiger partial charge in [0.2, 0.25) is 0 Å². The summed E-state index contributed by atoms with van der Waals surface area (Å²) in [5.41, 5.74) is 1.79. The molecule has 1 heterocycles. The van der Waals surface area contributed by atoms with E-state index in [0.29, 0.717) is 22.3 Å². The maximum atomic E-state index is 11.4. The first-order valence-electron chi connectivity index (χ1n) is 8.28. The maximum Gasteiger partial charge on any atom is 0.161 e. The molecule has 0 radical (unpaired) electrons. The molecule has 7 nitrogen and oxygen atoms in total. The van der Waals surface area contributed by atoms with Crippen LogP contribution >= 0.6 is 0 Å². The van der Waals surface area contributed by atoms with Gasteiger partial charge in [0, 0.05) is 10.9 Å². The summed E-state index contributed by atoms with van der Waals surface area (Å²) in [7, 11) is 1.44. The maximum absolute atomic E-state index is 11.4. The number of hydrogen-bond donors (Lipinski definition) is 0. The average molecular weight is 377 g/mol. The fourth-order valence-electron chi connectivity index (χ4n) is 2.68. The lowest BCUT2D eigenvalue weighted by atomic mass is 10.1. The quantitative estimate of drug-likeness (QED) is 0.601. The first-order chi connectivity index (χ1) is 13.5. The number of nitrogens with zero attached hydrogens (tertiary/aromatic N) is 1. The normalized spacial score (nSPS) is 10.9. The first-order valence-corrected chi connectivity index (χ1v) is 8.28. The third-order valence-electron chi connectivity index (χ3n) is 3.94. The minimum atomic E-state index is -1.34. The topological polar surface area (TPSA) is 112 Å². The smallest absolute Gasteiger partial charge is 0.161 e. The van der Waals surface area contributed by atoms with Crippen molar-refractivity contribution in [2.75, 3.05) is 13.7 Å². The third kappa shape index (κ3) is 4.27. The Morgan fingerprint density at radius 2 is 1.82 bits per heavy atom. The molecule has 142 valence electrons. The summed E-state index contributed by atoms with van der Waals surface area (Å²) in [6, 6.07) is 13.3. The molecule has 0 aliphatic rings. The third-order valence-corrected chi connectivity index (χ3v) is 3.94. The van der Waals surface area contributed by atoms with Crippen LogP contribution in [0.4, 0.5) is 0 Å². The van der Waals surface area contributed by atoms with Crippen LogP contribution in [0.15, 0.2) is 48.5 Å². The number of rotatable bonds is 7. The van der Waals surface area contributed by atoms with Crippen molar-refractivity contribution in [3.63, 3.8) is 0 Å². The molecule has 1 aromatic heterocycles. The van der Waals surface area contributed by atoms with E-state index in [1.807, 2.05) is 0 Å². The highest BCUT2D eigenvalue weighted by atomic mass is 16.5. The van der Waals surface area contributed by atoms with Crippen molar-refractivity contribution in [1.29, 1.82) is 0 Å². The van der Waals surface area contributed by atoms with Gasteiger partial charge in [-0.25, -0.2) is 4.98 Å². The number of ether oxygens (including phenoxy) is 2. The fraction of sp³-hybridized carbons (Fsp3) is 0.0952. The number of aliphatic carboxylic acids is 1. The molecule has 0 atom stereocenters. The lowest BCUT2D eigenvalue weighted by Crippen LogP contribution is -2.29. The Morgan fingerprint density at radius 3 is 2.54 bits per heavy atom. The van der Waals surface area contributed by atoms with Crippen LogP contribution in [0.3, 0.4) is 0 Å². The molecule has 0 spiro atoms. The van der Waals surface area contributed by atoms with Crippen molar-refractivity contribution in [3.8, 4) is 11.5 Å². The van der Waals surface area contributed by atoms with Crippen molar-refractivity contribution < 1.29 is 29.3 Å². The standard InChI is InChI=1S/C21H17NO6/c1-27-19-10-13(7-9-18(19)28-12-20(23)24)6-8-14-11-16(21(25)26)15-4-2-3-5-17(15)22-14/h2-11H,12H2,1H3,(H,23,24)(H,25,26)/p-2/b8-6+. The Morgan fingerprint density at radius 1 is 1.04 bits per heavy atom. The van der Waals surface area contributed by atoms with Crippen molar-refractivity contribution in [2.24, 2.45) is 0 Å². The Bertz CT molecular complexity index is 1070. The van der Waals surface area contributed by atoms with E-state index in [9.17, 15) is 19.8 Å². The summed E-state index contributed by atoms with van der Waals surface area (Å²) in [4.78, 5) is 26.4. The molecule has 0 fully saturated rings. The molecule has 0 bridgehead atoms. The molecule has 28 heavy (non-hydrogen) atoms. The van der Waals surface area contributed by atoms with Gasteiger partial charge in [-0.15, -0.1) is 0 Å². The molecule has 0 amide bonds. The van der Waals surface area contributed by atoms with Gasteiger partial charge in [-0.05, 0) is 35.9 Å². The highest BCUT2D eigenvalue weighted by Gasteiger charge is 2.07. The van der Waals surface area contributed by atoms with E-state index in [0.717, 1.165) is 5.56 Å². The van der Waals surface area contributed by atoms with Gasteiger partial charge in [-0.2, -0.15) is 0 Å². The second-order valence-electron chi connectivity index (χ2n) is 5.80. The molecule has 3 rings (SSSR count). The van der Waals surface area contributed by atoms with Gasteiger partial charge in [-0.1, -0.05) is 30.3 Å². The molecule has 0 unspecified atom stereocenters. The Kier molecular flexibility index (Phi) is 5.55. The van der Waals surface area contributed by atoms with Crippen LogP contribution < -0.4 is 19.7 Å². The molecular formula is C21H15NO6-2.